The van der Waals surface area contributed by atoms with E-state index in [1.54, 1.807) is 12.3 Å². The molecule has 0 spiro atoms. The zero-order valence-corrected chi connectivity index (χ0v) is 14.5. The van der Waals surface area contributed by atoms with Crippen molar-refractivity contribution < 1.29 is 4.79 Å². The largest absolute Gasteiger partial charge is 0.355 e. The van der Waals surface area contributed by atoms with Crippen LogP contribution in [0.5, 0.6) is 0 Å². The summed E-state index contributed by atoms with van der Waals surface area (Å²) >= 11 is 3.44. The molecule has 1 heterocycles. The van der Waals surface area contributed by atoms with Gasteiger partial charge >= 0.3 is 0 Å². The molecule has 0 aliphatic heterocycles. The molecule has 2 N–H and O–H groups in total. The molecule has 3 aromatic rings. The fraction of sp³-hybridized carbons (Fsp3) is 0.0526. The molecule has 1 amide bonds. The molecule has 0 saturated heterocycles. The van der Waals surface area contributed by atoms with Crippen LogP contribution in [0, 0.1) is 0 Å². The minimum atomic E-state index is -0.197. The van der Waals surface area contributed by atoms with Crippen LogP contribution in [0.3, 0.4) is 0 Å². The van der Waals surface area contributed by atoms with E-state index < -0.39 is 0 Å². The predicted octanol–water partition coefficient (Wildman–Crippen LogP) is 4.52. The van der Waals surface area contributed by atoms with E-state index in [9.17, 15) is 4.79 Å². The average molecular weight is 382 g/mol. The van der Waals surface area contributed by atoms with E-state index in [2.05, 4.69) is 31.5 Å². The third-order valence-electron chi connectivity index (χ3n) is 3.40. The maximum absolute atomic E-state index is 12.3. The van der Waals surface area contributed by atoms with E-state index in [0.717, 1.165) is 21.4 Å². The van der Waals surface area contributed by atoms with Crippen molar-refractivity contribution in [3.8, 4) is 0 Å². The number of nitrogens with zero attached hydrogens (tertiary/aromatic N) is 1. The number of carbonyl (C=O) groups excluding carboxylic acids is 1. The molecular weight excluding hydrogens is 366 g/mol. The lowest BCUT2D eigenvalue weighted by Crippen LogP contribution is -2.23. The molecule has 24 heavy (non-hydrogen) atoms. The number of aromatic nitrogens is 1. The number of halogens is 1. The van der Waals surface area contributed by atoms with Gasteiger partial charge in [0, 0.05) is 28.6 Å². The maximum atomic E-state index is 12.3. The molecule has 0 aliphatic rings. The van der Waals surface area contributed by atoms with E-state index in [-0.39, 0.29) is 5.91 Å². The fourth-order valence-electron chi connectivity index (χ4n) is 2.23. The number of rotatable bonds is 5. The van der Waals surface area contributed by atoms with E-state index in [1.165, 1.54) is 0 Å². The average Bonchev–Trinajstić information content (AvgIpc) is 2.61. The number of benzene rings is 2. The molecule has 2 aromatic carbocycles. The Bertz CT molecular complexity index is 837. The highest BCUT2D eigenvalue weighted by atomic mass is 79.9. The van der Waals surface area contributed by atoms with Crippen molar-refractivity contribution in [1.29, 1.82) is 0 Å². The van der Waals surface area contributed by atoms with Crippen LogP contribution in [-0.2, 0) is 6.54 Å². The summed E-state index contributed by atoms with van der Waals surface area (Å²) in [5.41, 5.74) is 3.18. The summed E-state index contributed by atoms with van der Waals surface area (Å²) in [6.45, 7) is 0.477. The van der Waals surface area contributed by atoms with E-state index in [4.69, 9.17) is 0 Å². The zero-order chi connectivity index (χ0) is 16.8. The van der Waals surface area contributed by atoms with Crippen LogP contribution in [-0.4, -0.2) is 10.9 Å². The van der Waals surface area contributed by atoms with Crippen molar-refractivity contribution in [2.75, 3.05) is 5.32 Å². The zero-order valence-electron chi connectivity index (χ0n) is 12.9. The van der Waals surface area contributed by atoms with Crippen molar-refractivity contribution in [3.63, 3.8) is 0 Å². The second kappa shape index (κ2) is 7.75. The summed E-state index contributed by atoms with van der Waals surface area (Å²) in [6, 6.07) is 21.2. The van der Waals surface area contributed by atoms with Gasteiger partial charge in [-0.2, -0.15) is 0 Å². The van der Waals surface area contributed by atoms with Crippen molar-refractivity contribution in [1.82, 2.24) is 10.3 Å². The Morgan fingerprint density at radius 1 is 0.958 bits per heavy atom. The summed E-state index contributed by atoms with van der Waals surface area (Å²) in [6.07, 6.45) is 1.62. The van der Waals surface area contributed by atoms with Gasteiger partial charge in [-0.1, -0.05) is 52.3 Å². The van der Waals surface area contributed by atoms with Crippen LogP contribution in [0.15, 0.2) is 77.4 Å². The van der Waals surface area contributed by atoms with Crippen molar-refractivity contribution in [2.24, 2.45) is 0 Å². The first-order chi connectivity index (χ1) is 11.7. The molecule has 4 nitrogen and oxygen atoms in total. The van der Waals surface area contributed by atoms with Gasteiger partial charge in [0.15, 0.2) is 0 Å². The normalized spacial score (nSPS) is 10.2. The summed E-state index contributed by atoms with van der Waals surface area (Å²) in [4.78, 5) is 16.4. The van der Waals surface area contributed by atoms with Gasteiger partial charge < -0.3 is 10.6 Å². The number of amides is 1. The van der Waals surface area contributed by atoms with Crippen LogP contribution < -0.4 is 10.6 Å². The quantitative estimate of drug-likeness (QED) is 0.682. The van der Waals surface area contributed by atoms with Crippen LogP contribution in [0.25, 0.3) is 0 Å². The molecule has 5 heteroatoms. The number of hydrogen-bond acceptors (Lipinski definition) is 3. The first kappa shape index (κ1) is 16.2. The lowest BCUT2D eigenvalue weighted by molar-refractivity contribution is 0.0946. The molecule has 0 bridgehead atoms. The Morgan fingerprint density at radius 3 is 2.54 bits per heavy atom. The number of anilines is 2. The molecule has 0 fully saturated rings. The van der Waals surface area contributed by atoms with Gasteiger partial charge in [0.1, 0.15) is 5.69 Å². The lowest BCUT2D eigenvalue weighted by Gasteiger charge is -2.09. The van der Waals surface area contributed by atoms with E-state index in [1.807, 2.05) is 60.7 Å². The van der Waals surface area contributed by atoms with Crippen LogP contribution in [0.1, 0.15) is 16.1 Å². The summed E-state index contributed by atoms with van der Waals surface area (Å²) in [5.74, 6) is -0.197. The van der Waals surface area contributed by atoms with Crippen LogP contribution in [0.4, 0.5) is 11.4 Å². The summed E-state index contributed by atoms with van der Waals surface area (Å²) in [5, 5.41) is 6.14. The van der Waals surface area contributed by atoms with Crippen LogP contribution in [0.2, 0.25) is 0 Å². The summed E-state index contributed by atoms with van der Waals surface area (Å²) in [7, 11) is 0. The number of hydrogen-bond donors (Lipinski definition) is 2. The monoisotopic (exact) mass is 381 g/mol. The third kappa shape index (κ3) is 4.43. The number of pyridine rings is 1. The van der Waals surface area contributed by atoms with E-state index in [0.29, 0.717) is 12.2 Å². The van der Waals surface area contributed by atoms with Crippen LogP contribution >= 0.6 is 15.9 Å². The maximum Gasteiger partial charge on any atom is 0.270 e. The van der Waals surface area contributed by atoms with Gasteiger partial charge in [-0.25, -0.2) is 0 Å². The molecule has 0 radical (unpaired) electrons. The van der Waals surface area contributed by atoms with Gasteiger partial charge in [-0.05, 0) is 35.9 Å². The Kier molecular flexibility index (Phi) is 5.23. The minimum absolute atomic E-state index is 0.197. The number of carbonyl (C=O) groups is 1. The third-order valence-corrected chi connectivity index (χ3v) is 3.90. The predicted molar refractivity (Wildman–Crippen MR) is 99.3 cm³/mol. The molecule has 0 aliphatic carbocycles. The highest BCUT2D eigenvalue weighted by Crippen LogP contribution is 2.20. The molecule has 1 aromatic heterocycles. The smallest absolute Gasteiger partial charge is 0.270 e. The molecule has 0 unspecified atom stereocenters. The SMILES string of the molecule is O=C(NCc1ccccc1)c1cc(Nc2cccc(Br)c2)ccn1. The second-order valence-corrected chi connectivity index (χ2v) is 6.15. The molecular formula is C19H16BrN3O. The first-order valence-corrected chi connectivity index (χ1v) is 8.31. The fourth-order valence-corrected chi connectivity index (χ4v) is 2.63. The van der Waals surface area contributed by atoms with Crippen molar-refractivity contribution in [3.05, 3.63) is 88.7 Å². The molecule has 3 rings (SSSR count). The standard InChI is InChI=1S/C19H16BrN3O/c20-15-7-4-8-16(11-15)23-17-9-10-21-18(12-17)19(24)22-13-14-5-2-1-3-6-14/h1-12H,13H2,(H,21,23)(H,22,24). The van der Waals surface area contributed by atoms with Crippen molar-refractivity contribution in [2.45, 2.75) is 6.54 Å². The lowest BCUT2D eigenvalue weighted by atomic mass is 10.2. The van der Waals surface area contributed by atoms with Crippen molar-refractivity contribution >= 4 is 33.2 Å². The Labute approximate surface area is 149 Å². The summed E-state index contributed by atoms with van der Waals surface area (Å²) < 4.78 is 0.988. The Hall–Kier alpha value is -2.66. The molecule has 0 saturated carbocycles. The van der Waals surface area contributed by atoms with Gasteiger partial charge in [0.2, 0.25) is 0 Å². The number of nitrogens with one attached hydrogen (secondary N) is 2. The first-order valence-electron chi connectivity index (χ1n) is 7.51. The highest BCUT2D eigenvalue weighted by Gasteiger charge is 2.08. The minimum Gasteiger partial charge on any atom is -0.355 e. The Balaban J connectivity index is 1.67. The van der Waals surface area contributed by atoms with Gasteiger partial charge in [-0.15, -0.1) is 0 Å². The van der Waals surface area contributed by atoms with Gasteiger partial charge in [0.05, 0.1) is 0 Å². The highest BCUT2D eigenvalue weighted by molar-refractivity contribution is 9.10. The Morgan fingerprint density at radius 2 is 1.75 bits per heavy atom. The molecule has 120 valence electrons. The van der Waals surface area contributed by atoms with E-state index >= 15 is 0 Å². The van der Waals surface area contributed by atoms with Gasteiger partial charge in [-0.3, -0.25) is 9.78 Å². The second-order valence-electron chi connectivity index (χ2n) is 5.23. The molecule has 0 atom stereocenters. The topological polar surface area (TPSA) is 54.0 Å². The van der Waals surface area contributed by atoms with Gasteiger partial charge in [0.25, 0.3) is 5.91 Å².